The molecule has 0 rings (SSSR count). The third-order valence-electron chi connectivity index (χ3n) is 0.639. The number of nitroso groups, excluding NO2 is 1. The van der Waals surface area contributed by atoms with Gasteiger partial charge in [0.1, 0.15) is 6.10 Å². The number of aliphatic hydroxyl groups is 3. The van der Waals surface area contributed by atoms with Gasteiger partial charge >= 0.3 is 0 Å². The van der Waals surface area contributed by atoms with Crippen LogP contribution in [0.25, 0.3) is 0 Å². The molecule has 0 aliphatic rings. The Bertz CT molecular complexity index is 75.7. The monoisotopic (exact) mass is 121 g/mol. The third-order valence-corrected chi connectivity index (χ3v) is 0.639. The molecule has 8 heavy (non-hydrogen) atoms. The Labute approximate surface area is 45.5 Å². The minimum Gasteiger partial charge on any atom is -0.393 e. The quantitative estimate of drug-likeness (QED) is 0.393. The fourth-order valence-corrected chi connectivity index (χ4v) is 0.165. The van der Waals surface area contributed by atoms with Gasteiger partial charge in [-0.05, 0) is 5.18 Å². The van der Waals surface area contributed by atoms with Gasteiger partial charge < -0.3 is 15.3 Å². The van der Waals surface area contributed by atoms with Crippen LogP contribution < -0.4 is 0 Å². The lowest BCUT2D eigenvalue weighted by Gasteiger charge is -2.05. The SMILES string of the molecule is O=NC(O)C(O)CO. The molecule has 5 nitrogen and oxygen atoms in total. The van der Waals surface area contributed by atoms with Gasteiger partial charge in [0.25, 0.3) is 0 Å². The van der Waals surface area contributed by atoms with Gasteiger partial charge in [-0.3, -0.25) is 0 Å². The highest BCUT2D eigenvalue weighted by molar-refractivity contribution is 4.60. The van der Waals surface area contributed by atoms with Crippen molar-refractivity contribution >= 4 is 0 Å². The molecule has 0 radical (unpaired) electrons. The maximum Gasteiger partial charge on any atom is 0.215 e. The molecular formula is C3H7NO4. The molecule has 0 aliphatic carbocycles. The van der Waals surface area contributed by atoms with Crippen molar-refractivity contribution < 1.29 is 15.3 Å². The Morgan fingerprint density at radius 3 is 2.12 bits per heavy atom. The summed E-state index contributed by atoms with van der Waals surface area (Å²) in [5, 5.41) is 26.7. The van der Waals surface area contributed by atoms with E-state index in [9.17, 15) is 4.91 Å². The average Bonchev–Trinajstić information content (AvgIpc) is 1.84. The maximum atomic E-state index is 9.33. The van der Waals surface area contributed by atoms with Crippen molar-refractivity contribution in [3.63, 3.8) is 0 Å². The largest absolute Gasteiger partial charge is 0.393 e. The summed E-state index contributed by atoms with van der Waals surface area (Å²) in [7, 11) is 0. The second kappa shape index (κ2) is 3.48. The van der Waals surface area contributed by atoms with Gasteiger partial charge in [-0.25, -0.2) is 0 Å². The van der Waals surface area contributed by atoms with Crippen molar-refractivity contribution in [1.82, 2.24) is 0 Å². The van der Waals surface area contributed by atoms with Crippen molar-refractivity contribution in [3.8, 4) is 0 Å². The Morgan fingerprint density at radius 2 is 2.00 bits per heavy atom. The smallest absolute Gasteiger partial charge is 0.215 e. The standard InChI is InChI=1S/C3H7NO4/c5-1-2(6)3(7)4-8/h2-3,5-7H,1H2. The van der Waals surface area contributed by atoms with Gasteiger partial charge in [-0.2, -0.15) is 0 Å². The zero-order valence-corrected chi connectivity index (χ0v) is 4.06. The molecule has 0 saturated carbocycles. The Hall–Kier alpha value is -0.520. The Morgan fingerprint density at radius 1 is 1.50 bits per heavy atom. The van der Waals surface area contributed by atoms with Crippen LogP contribution in [0.1, 0.15) is 0 Å². The maximum absolute atomic E-state index is 9.33. The molecule has 2 unspecified atom stereocenters. The first-order chi connectivity index (χ1) is 3.72. The van der Waals surface area contributed by atoms with Crippen molar-refractivity contribution in [2.45, 2.75) is 12.3 Å². The Kier molecular flexibility index (Phi) is 3.25. The lowest BCUT2D eigenvalue weighted by Crippen LogP contribution is -2.26. The van der Waals surface area contributed by atoms with Gasteiger partial charge in [0.05, 0.1) is 6.61 Å². The van der Waals surface area contributed by atoms with Gasteiger partial charge in [0, 0.05) is 0 Å². The first-order valence-electron chi connectivity index (χ1n) is 2.01. The molecular weight excluding hydrogens is 114 g/mol. The number of nitrogens with zero attached hydrogens (tertiary/aromatic N) is 1. The zero-order valence-electron chi connectivity index (χ0n) is 4.06. The zero-order chi connectivity index (χ0) is 6.57. The summed E-state index contributed by atoms with van der Waals surface area (Å²) in [6.45, 7) is -0.660. The van der Waals surface area contributed by atoms with Crippen LogP contribution in [0.2, 0.25) is 0 Å². The summed E-state index contributed by atoms with van der Waals surface area (Å²) in [5.74, 6) is 0. The fourth-order valence-electron chi connectivity index (χ4n) is 0.165. The third kappa shape index (κ3) is 1.97. The van der Waals surface area contributed by atoms with E-state index in [2.05, 4.69) is 5.18 Å². The number of aliphatic hydroxyl groups excluding tert-OH is 3. The van der Waals surface area contributed by atoms with E-state index in [4.69, 9.17) is 15.3 Å². The highest BCUT2D eigenvalue weighted by Gasteiger charge is 2.13. The molecule has 5 heteroatoms. The highest BCUT2D eigenvalue weighted by Crippen LogP contribution is 1.90. The molecule has 0 fully saturated rings. The van der Waals surface area contributed by atoms with Crippen LogP contribution in [0.3, 0.4) is 0 Å². The van der Waals surface area contributed by atoms with Gasteiger partial charge in [-0.1, -0.05) is 0 Å². The van der Waals surface area contributed by atoms with E-state index in [1.165, 1.54) is 0 Å². The van der Waals surface area contributed by atoms with Crippen LogP contribution in [0.4, 0.5) is 0 Å². The average molecular weight is 121 g/mol. The van der Waals surface area contributed by atoms with Crippen LogP contribution in [0, 0.1) is 4.91 Å². The molecule has 0 aromatic carbocycles. The molecule has 0 spiro atoms. The summed E-state index contributed by atoms with van der Waals surface area (Å²) >= 11 is 0. The van der Waals surface area contributed by atoms with E-state index in [1.807, 2.05) is 0 Å². The van der Waals surface area contributed by atoms with Crippen molar-refractivity contribution in [2.24, 2.45) is 5.18 Å². The van der Waals surface area contributed by atoms with E-state index >= 15 is 0 Å². The molecule has 0 heterocycles. The van der Waals surface area contributed by atoms with Crippen LogP contribution >= 0.6 is 0 Å². The highest BCUT2D eigenvalue weighted by atomic mass is 16.4. The predicted molar refractivity (Wildman–Crippen MR) is 24.9 cm³/mol. The predicted octanol–water partition coefficient (Wildman–Crippen LogP) is -1.58. The summed E-state index contributed by atoms with van der Waals surface area (Å²) in [6, 6.07) is 0. The van der Waals surface area contributed by atoms with Gasteiger partial charge in [-0.15, -0.1) is 4.91 Å². The summed E-state index contributed by atoms with van der Waals surface area (Å²) < 4.78 is 0. The van der Waals surface area contributed by atoms with E-state index in [0.717, 1.165) is 0 Å². The fraction of sp³-hybridized carbons (Fsp3) is 1.00. The lowest BCUT2D eigenvalue weighted by molar-refractivity contribution is -0.00983. The minimum atomic E-state index is -1.71. The van der Waals surface area contributed by atoms with E-state index in [0.29, 0.717) is 0 Å². The van der Waals surface area contributed by atoms with Crippen LogP contribution in [0.5, 0.6) is 0 Å². The number of hydrogen-bond acceptors (Lipinski definition) is 5. The lowest BCUT2D eigenvalue weighted by atomic mass is 10.3. The molecule has 0 aromatic heterocycles. The minimum absolute atomic E-state index is 0.660. The molecule has 2 atom stereocenters. The Balaban J connectivity index is 3.44. The van der Waals surface area contributed by atoms with E-state index < -0.39 is 18.9 Å². The summed E-state index contributed by atoms with van der Waals surface area (Å²) in [4.78, 5) is 9.33. The van der Waals surface area contributed by atoms with Crippen molar-refractivity contribution in [1.29, 1.82) is 0 Å². The van der Waals surface area contributed by atoms with E-state index in [-0.39, 0.29) is 0 Å². The molecule has 0 aromatic rings. The molecule has 0 amide bonds. The van der Waals surface area contributed by atoms with Crippen molar-refractivity contribution in [2.75, 3.05) is 6.61 Å². The molecule has 3 N–H and O–H groups in total. The van der Waals surface area contributed by atoms with Crippen LogP contribution in [-0.4, -0.2) is 34.3 Å². The van der Waals surface area contributed by atoms with Gasteiger partial charge in [0.15, 0.2) is 0 Å². The summed E-state index contributed by atoms with van der Waals surface area (Å²) in [6.07, 6.45) is -3.16. The number of hydrogen-bond donors (Lipinski definition) is 3. The van der Waals surface area contributed by atoms with Crippen molar-refractivity contribution in [3.05, 3.63) is 4.91 Å². The first-order valence-corrected chi connectivity index (χ1v) is 2.01. The second-order valence-corrected chi connectivity index (χ2v) is 1.27. The molecule has 0 aliphatic heterocycles. The van der Waals surface area contributed by atoms with E-state index in [1.54, 1.807) is 0 Å². The summed E-state index contributed by atoms with van der Waals surface area (Å²) in [5.41, 5.74) is 0. The molecule has 48 valence electrons. The normalized spacial score (nSPS) is 17.4. The second-order valence-electron chi connectivity index (χ2n) is 1.27. The van der Waals surface area contributed by atoms with Gasteiger partial charge in [0.2, 0.25) is 6.23 Å². The van der Waals surface area contributed by atoms with Crippen LogP contribution in [-0.2, 0) is 0 Å². The number of rotatable bonds is 3. The first kappa shape index (κ1) is 7.48. The molecule has 0 saturated heterocycles. The van der Waals surface area contributed by atoms with Crippen LogP contribution in [0.15, 0.2) is 5.18 Å². The topological polar surface area (TPSA) is 90.1 Å². The molecule has 0 bridgehead atoms.